The van der Waals surface area contributed by atoms with E-state index in [4.69, 9.17) is 0 Å². The lowest BCUT2D eigenvalue weighted by atomic mass is 10.0. The Morgan fingerprint density at radius 1 is 0.939 bits per heavy atom. The minimum Gasteiger partial charge on any atom is -0.337 e. The van der Waals surface area contributed by atoms with Gasteiger partial charge in [0, 0.05) is 41.5 Å². The second-order valence-corrected chi connectivity index (χ2v) is 7.63. The van der Waals surface area contributed by atoms with Crippen molar-refractivity contribution in [3.63, 3.8) is 0 Å². The number of hydrogen-bond donors (Lipinski definition) is 2. The molecule has 6 rings (SSSR count). The number of aromatic nitrogens is 7. The SMILES string of the molecule is Cc1ccncc1-c1cnc2n[nH]c(-c3nc4c(-c5cccc(F)c5)nccc4[nH]3)c2c1F. The van der Waals surface area contributed by atoms with Crippen LogP contribution in [-0.2, 0) is 0 Å². The summed E-state index contributed by atoms with van der Waals surface area (Å²) in [6, 6.07) is 9.71. The molecule has 0 amide bonds. The number of aromatic amines is 2. The third-order valence-corrected chi connectivity index (χ3v) is 5.58. The molecule has 0 radical (unpaired) electrons. The summed E-state index contributed by atoms with van der Waals surface area (Å²) in [6.07, 6.45) is 6.33. The maximum Gasteiger partial charge on any atom is 0.184 e. The first-order chi connectivity index (χ1) is 16.1. The molecule has 5 heterocycles. The van der Waals surface area contributed by atoms with Crippen molar-refractivity contribution in [1.82, 2.24) is 35.1 Å². The van der Waals surface area contributed by atoms with Gasteiger partial charge in [0.25, 0.3) is 0 Å². The number of imidazole rings is 1. The van der Waals surface area contributed by atoms with Crippen LogP contribution in [-0.4, -0.2) is 35.1 Å². The number of nitrogens with one attached hydrogen (secondary N) is 2. The van der Waals surface area contributed by atoms with Gasteiger partial charge < -0.3 is 4.98 Å². The molecule has 0 bridgehead atoms. The average molecular weight is 439 g/mol. The Morgan fingerprint density at radius 2 is 1.85 bits per heavy atom. The highest BCUT2D eigenvalue weighted by molar-refractivity contribution is 5.96. The molecule has 160 valence electrons. The maximum atomic E-state index is 15.7. The average Bonchev–Trinajstić information content (AvgIpc) is 3.44. The van der Waals surface area contributed by atoms with Gasteiger partial charge in [-0.25, -0.2) is 18.7 Å². The van der Waals surface area contributed by atoms with Crippen LogP contribution in [0.3, 0.4) is 0 Å². The van der Waals surface area contributed by atoms with Gasteiger partial charge in [-0.05, 0) is 36.8 Å². The summed E-state index contributed by atoms with van der Waals surface area (Å²) in [7, 11) is 0. The molecule has 5 aromatic heterocycles. The van der Waals surface area contributed by atoms with Crippen LogP contribution in [0.2, 0.25) is 0 Å². The number of pyridine rings is 3. The van der Waals surface area contributed by atoms with Crippen molar-refractivity contribution in [2.75, 3.05) is 0 Å². The van der Waals surface area contributed by atoms with E-state index in [0.29, 0.717) is 44.9 Å². The largest absolute Gasteiger partial charge is 0.337 e. The van der Waals surface area contributed by atoms with Crippen LogP contribution in [0.5, 0.6) is 0 Å². The summed E-state index contributed by atoms with van der Waals surface area (Å²) in [5.41, 5.74) is 4.77. The van der Waals surface area contributed by atoms with Gasteiger partial charge in [-0.15, -0.1) is 0 Å². The van der Waals surface area contributed by atoms with E-state index in [1.165, 1.54) is 18.3 Å². The summed E-state index contributed by atoms with van der Waals surface area (Å²) in [5, 5.41) is 7.23. The van der Waals surface area contributed by atoms with Crippen LogP contribution in [0, 0.1) is 18.6 Å². The number of benzene rings is 1. The van der Waals surface area contributed by atoms with Crippen molar-refractivity contribution >= 4 is 22.1 Å². The van der Waals surface area contributed by atoms with Crippen molar-refractivity contribution in [1.29, 1.82) is 0 Å². The Bertz CT molecular complexity index is 1670. The van der Waals surface area contributed by atoms with E-state index in [-0.39, 0.29) is 16.9 Å². The fourth-order valence-electron chi connectivity index (χ4n) is 3.96. The Labute approximate surface area is 185 Å². The van der Waals surface area contributed by atoms with E-state index in [9.17, 15) is 4.39 Å². The van der Waals surface area contributed by atoms with E-state index in [1.807, 2.05) is 13.0 Å². The maximum absolute atomic E-state index is 15.7. The minimum absolute atomic E-state index is 0.218. The monoisotopic (exact) mass is 439 g/mol. The predicted octanol–water partition coefficient (Wildman–Crippen LogP) is 5.21. The molecule has 0 aliphatic heterocycles. The first-order valence-electron chi connectivity index (χ1n) is 10.1. The fourth-order valence-corrected chi connectivity index (χ4v) is 3.96. The van der Waals surface area contributed by atoms with Crippen molar-refractivity contribution in [2.45, 2.75) is 6.92 Å². The van der Waals surface area contributed by atoms with Crippen LogP contribution in [0.1, 0.15) is 5.56 Å². The number of halogens is 2. The van der Waals surface area contributed by atoms with Crippen LogP contribution < -0.4 is 0 Å². The molecule has 0 aliphatic rings. The number of H-pyrrole nitrogens is 2. The molecular weight excluding hydrogens is 424 g/mol. The number of aryl methyl sites for hydroxylation is 1. The quantitative estimate of drug-likeness (QED) is 0.395. The van der Waals surface area contributed by atoms with Gasteiger partial charge in [-0.2, -0.15) is 5.10 Å². The van der Waals surface area contributed by atoms with E-state index in [2.05, 4.69) is 35.1 Å². The summed E-state index contributed by atoms with van der Waals surface area (Å²) in [4.78, 5) is 20.7. The Hall–Kier alpha value is -4.53. The van der Waals surface area contributed by atoms with Crippen LogP contribution in [0.25, 0.3) is 56.0 Å². The molecule has 9 heteroatoms. The second kappa shape index (κ2) is 7.27. The lowest BCUT2D eigenvalue weighted by Crippen LogP contribution is -1.93. The van der Waals surface area contributed by atoms with Gasteiger partial charge in [-0.1, -0.05) is 12.1 Å². The summed E-state index contributed by atoms with van der Waals surface area (Å²) < 4.78 is 29.5. The fraction of sp³-hybridized carbons (Fsp3) is 0.0417. The zero-order chi connectivity index (χ0) is 22.5. The van der Waals surface area contributed by atoms with Crippen LogP contribution >= 0.6 is 0 Å². The minimum atomic E-state index is -0.469. The Morgan fingerprint density at radius 3 is 2.70 bits per heavy atom. The van der Waals surface area contributed by atoms with Crippen LogP contribution in [0.15, 0.2) is 61.2 Å². The normalized spacial score (nSPS) is 11.5. The van der Waals surface area contributed by atoms with Crippen molar-refractivity contribution in [3.05, 3.63) is 78.4 Å². The first-order valence-corrected chi connectivity index (χ1v) is 10.1. The molecule has 6 aromatic rings. The number of nitrogens with zero attached hydrogens (tertiary/aromatic N) is 5. The topological polar surface area (TPSA) is 96.0 Å². The smallest absolute Gasteiger partial charge is 0.184 e. The zero-order valence-electron chi connectivity index (χ0n) is 17.3. The Balaban J connectivity index is 1.56. The third-order valence-electron chi connectivity index (χ3n) is 5.58. The summed E-state index contributed by atoms with van der Waals surface area (Å²) in [6.45, 7) is 1.89. The van der Waals surface area contributed by atoms with Gasteiger partial charge in [0.15, 0.2) is 11.5 Å². The van der Waals surface area contributed by atoms with Crippen LogP contribution in [0.4, 0.5) is 8.78 Å². The van der Waals surface area contributed by atoms with Crippen molar-refractivity contribution < 1.29 is 8.78 Å². The van der Waals surface area contributed by atoms with Gasteiger partial charge in [0.2, 0.25) is 0 Å². The molecule has 0 spiro atoms. The Kier molecular flexibility index (Phi) is 4.22. The molecule has 2 N–H and O–H groups in total. The van der Waals surface area contributed by atoms with Crippen molar-refractivity contribution in [2.24, 2.45) is 0 Å². The second-order valence-electron chi connectivity index (χ2n) is 7.63. The molecule has 0 fully saturated rings. The predicted molar refractivity (Wildman–Crippen MR) is 120 cm³/mol. The molecule has 0 atom stereocenters. The number of rotatable bonds is 3. The highest BCUT2D eigenvalue weighted by Crippen LogP contribution is 2.34. The van der Waals surface area contributed by atoms with E-state index >= 15 is 4.39 Å². The summed E-state index contributed by atoms with van der Waals surface area (Å²) in [5.74, 6) is -0.462. The molecule has 7 nitrogen and oxygen atoms in total. The van der Waals surface area contributed by atoms with Crippen molar-refractivity contribution in [3.8, 4) is 33.9 Å². The molecule has 0 saturated heterocycles. The molecule has 33 heavy (non-hydrogen) atoms. The number of fused-ring (bicyclic) bond motifs is 2. The molecule has 0 aliphatic carbocycles. The van der Waals surface area contributed by atoms with E-state index in [0.717, 1.165) is 5.56 Å². The van der Waals surface area contributed by atoms with Gasteiger partial charge in [0.1, 0.15) is 22.8 Å². The highest BCUT2D eigenvalue weighted by atomic mass is 19.1. The first kappa shape index (κ1) is 19.2. The molecule has 0 unspecified atom stereocenters. The lowest BCUT2D eigenvalue weighted by molar-refractivity contribution is 0.628. The zero-order valence-corrected chi connectivity index (χ0v) is 17.3. The standard InChI is InChI=1S/C24H15F2N7/c1-12-5-7-27-10-15(12)16-11-29-23-18(19(16)26)22(32-33-23)24-30-17-6-8-28-20(21(17)31-24)13-3-2-4-14(25)9-13/h2-11H,1H3,(H,30,31)(H,29,32,33). The summed E-state index contributed by atoms with van der Waals surface area (Å²) >= 11 is 0. The van der Waals surface area contributed by atoms with Gasteiger partial charge in [-0.3, -0.25) is 15.1 Å². The van der Waals surface area contributed by atoms with E-state index in [1.54, 1.807) is 36.8 Å². The third kappa shape index (κ3) is 3.05. The van der Waals surface area contributed by atoms with Gasteiger partial charge in [0.05, 0.1) is 16.6 Å². The van der Waals surface area contributed by atoms with E-state index < -0.39 is 5.82 Å². The molecule has 0 saturated carbocycles. The van der Waals surface area contributed by atoms with Gasteiger partial charge >= 0.3 is 0 Å². The molecule has 1 aromatic carbocycles. The highest BCUT2D eigenvalue weighted by Gasteiger charge is 2.21. The lowest BCUT2D eigenvalue weighted by Gasteiger charge is -2.06. The number of hydrogen-bond acceptors (Lipinski definition) is 5. The molecular formula is C24H15F2N7.